The summed E-state index contributed by atoms with van der Waals surface area (Å²) in [4.78, 5) is 0. The van der Waals surface area contributed by atoms with Gasteiger partial charge in [-0.1, -0.05) is 15.9 Å². The number of halogens is 1. The number of nitrogens with zero attached hydrogens (tertiary/aromatic N) is 2. The largest absolute Gasteiger partial charge is 0.373 e. The Labute approximate surface area is 90.9 Å². The highest BCUT2D eigenvalue weighted by atomic mass is 79.9. The van der Waals surface area contributed by atoms with E-state index in [1.807, 2.05) is 42.1 Å². The first-order valence-electron chi connectivity index (χ1n) is 4.29. The Morgan fingerprint density at radius 2 is 1.93 bits per heavy atom. The fourth-order valence-corrected chi connectivity index (χ4v) is 1.55. The summed E-state index contributed by atoms with van der Waals surface area (Å²) in [6.07, 6.45) is 1.77. The third-order valence-corrected chi connectivity index (χ3v) is 2.50. The summed E-state index contributed by atoms with van der Waals surface area (Å²) in [7, 11) is 1.88. The Balaban J connectivity index is 2.44. The van der Waals surface area contributed by atoms with Gasteiger partial charge in [0, 0.05) is 17.6 Å². The highest BCUT2D eigenvalue weighted by molar-refractivity contribution is 9.10. The first-order valence-corrected chi connectivity index (χ1v) is 5.08. The van der Waals surface area contributed by atoms with Crippen molar-refractivity contribution in [2.75, 3.05) is 12.4 Å². The number of anilines is 1. The predicted molar refractivity (Wildman–Crippen MR) is 60.8 cm³/mol. The summed E-state index contributed by atoms with van der Waals surface area (Å²) in [5.74, 6) is 0.979. The average molecular weight is 252 g/mol. The molecule has 4 heteroatoms. The topological polar surface area (TPSA) is 29.9 Å². The molecule has 0 fully saturated rings. The molecule has 0 saturated carbocycles. The van der Waals surface area contributed by atoms with Gasteiger partial charge in [-0.2, -0.15) is 5.10 Å². The van der Waals surface area contributed by atoms with E-state index in [4.69, 9.17) is 0 Å². The van der Waals surface area contributed by atoms with Crippen molar-refractivity contribution in [3.63, 3.8) is 0 Å². The molecule has 0 aliphatic carbocycles. The Morgan fingerprint density at radius 3 is 2.57 bits per heavy atom. The molecule has 1 aromatic carbocycles. The van der Waals surface area contributed by atoms with E-state index in [0.717, 1.165) is 16.0 Å². The number of aromatic nitrogens is 2. The van der Waals surface area contributed by atoms with Crippen LogP contribution in [0.25, 0.3) is 5.69 Å². The van der Waals surface area contributed by atoms with Gasteiger partial charge in [-0.25, -0.2) is 4.68 Å². The van der Waals surface area contributed by atoms with Crippen molar-refractivity contribution in [1.82, 2.24) is 9.78 Å². The molecule has 1 aromatic heterocycles. The van der Waals surface area contributed by atoms with Crippen LogP contribution >= 0.6 is 15.9 Å². The third-order valence-electron chi connectivity index (χ3n) is 1.97. The zero-order valence-electron chi connectivity index (χ0n) is 7.74. The first kappa shape index (κ1) is 9.27. The molecule has 72 valence electrons. The molecule has 0 radical (unpaired) electrons. The highest BCUT2D eigenvalue weighted by Gasteiger charge is 2.01. The Kier molecular flexibility index (Phi) is 2.54. The second kappa shape index (κ2) is 3.84. The minimum absolute atomic E-state index is 0.979. The van der Waals surface area contributed by atoms with Crippen molar-refractivity contribution in [2.24, 2.45) is 0 Å². The van der Waals surface area contributed by atoms with Crippen LogP contribution in [0.15, 0.2) is 41.0 Å². The molecule has 3 nitrogen and oxygen atoms in total. The maximum absolute atomic E-state index is 4.23. The highest BCUT2D eigenvalue weighted by Crippen LogP contribution is 2.17. The fraction of sp³-hybridized carbons (Fsp3) is 0.100. The minimum Gasteiger partial charge on any atom is -0.373 e. The monoisotopic (exact) mass is 251 g/mol. The zero-order valence-corrected chi connectivity index (χ0v) is 9.32. The van der Waals surface area contributed by atoms with Gasteiger partial charge in [0.05, 0.1) is 11.9 Å². The normalized spacial score (nSPS) is 10.1. The number of hydrogen-bond acceptors (Lipinski definition) is 2. The van der Waals surface area contributed by atoms with Crippen LogP contribution in [0, 0.1) is 0 Å². The van der Waals surface area contributed by atoms with E-state index in [1.54, 1.807) is 6.20 Å². The molecule has 14 heavy (non-hydrogen) atoms. The van der Waals surface area contributed by atoms with Gasteiger partial charge in [-0.05, 0) is 24.3 Å². The van der Waals surface area contributed by atoms with Crippen LogP contribution in [-0.2, 0) is 0 Å². The zero-order chi connectivity index (χ0) is 9.97. The summed E-state index contributed by atoms with van der Waals surface area (Å²) < 4.78 is 2.92. The van der Waals surface area contributed by atoms with E-state index < -0.39 is 0 Å². The van der Waals surface area contributed by atoms with Gasteiger partial charge in [-0.3, -0.25) is 0 Å². The van der Waals surface area contributed by atoms with Crippen LogP contribution in [0.5, 0.6) is 0 Å². The summed E-state index contributed by atoms with van der Waals surface area (Å²) in [6.45, 7) is 0. The Hall–Kier alpha value is -1.29. The molecular weight excluding hydrogens is 242 g/mol. The van der Waals surface area contributed by atoms with Crippen LogP contribution in [0.2, 0.25) is 0 Å². The maximum atomic E-state index is 4.23. The van der Waals surface area contributed by atoms with Gasteiger partial charge in [0.15, 0.2) is 0 Å². The molecule has 0 aliphatic rings. The van der Waals surface area contributed by atoms with Crippen molar-refractivity contribution in [1.29, 1.82) is 0 Å². The predicted octanol–water partition coefficient (Wildman–Crippen LogP) is 2.68. The van der Waals surface area contributed by atoms with Gasteiger partial charge in [-0.15, -0.1) is 0 Å². The molecule has 0 unspecified atom stereocenters. The smallest absolute Gasteiger partial charge is 0.129 e. The molecule has 0 spiro atoms. The van der Waals surface area contributed by atoms with E-state index in [9.17, 15) is 0 Å². The molecule has 0 aliphatic heterocycles. The van der Waals surface area contributed by atoms with Crippen LogP contribution in [0.4, 0.5) is 5.82 Å². The number of benzene rings is 1. The summed E-state index contributed by atoms with van der Waals surface area (Å²) in [5.41, 5.74) is 1.04. The van der Waals surface area contributed by atoms with Crippen molar-refractivity contribution in [3.05, 3.63) is 41.0 Å². The van der Waals surface area contributed by atoms with E-state index in [0.29, 0.717) is 0 Å². The van der Waals surface area contributed by atoms with Crippen molar-refractivity contribution >= 4 is 21.7 Å². The standard InChI is InChI=1S/C10H10BrN3/c1-12-10-6-7-13-14(10)9-4-2-8(11)3-5-9/h2-7,12H,1H3. The van der Waals surface area contributed by atoms with E-state index in [2.05, 4.69) is 26.3 Å². The van der Waals surface area contributed by atoms with Gasteiger partial charge in [0.1, 0.15) is 5.82 Å². The van der Waals surface area contributed by atoms with Gasteiger partial charge in [0.2, 0.25) is 0 Å². The molecule has 1 heterocycles. The van der Waals surface area contributed by atoms with Crippen molar-refractivity contribution < 1.29 is 0 Å². The molecule has 0 bridgehead atoms. The lowest BCUT2D eigenvalue weighted by atomic mass is 10.3. The minimum atomic E-state index is 0.979. The van der Waals surface area contributed by atoms with Crippen molar-refractivity contribution in [3.8, 4) is 5.69 Å². The quantitative estimate of drug-likeness (QED) is 0.890. The Morgan fingerprint density at radius 1 is 1.21 bits per heavy atom. The SMILES string of the molecule is CNc1ccnn1-c1ccc(Br)cc1. The second-order valence-corrected chi connectivity index (χ2v) is 3.77. The van der Waals surface area contributed by atoms with Gasteiger partial charge < -0.3 is 5.32 Å². The molecule has 0 amide bonds. The molecule has 0 saturated heterocycles. The second-order valence-electron chi connectivity index (χ2n) is 2.85. The van der Waals surface area contributed by atoms with Crippen molar-refractivity contribution in [2.45, 2.75) is 0 Å². The average Bonchev–Trinajstić information content (AvgIpc) is 2.67. The molecule has 2 aromatic rings. The van der Waals surface area contributed by atoms with Crippen LogP contribution in [0.3, 0.4) is 0 Å². The summed E-state index contributed by atoms with van der Waals surface area (Å²) in [5, 5.41) is 7.30. The Bertz CT molecular complexity index is 419. The van der Waals surface area contributed by atoms with E-state index in [1.165, 1.54) is 0 Å². The molecule has 1 N–H and O–H groups in total. The van der Waals surface area contributed by atoms with Gasteiger partial charge >= 0.3 is 0 Å². The first-order chi connectivity index (χ1) is 6.81. The summed E-state index contributed by atoms with van der Waals surface area (Å²) >= 11 is 3.40. The lowest BCUT2D eigenvalue weighted by Gasteiger charge is -2.06. The van der Waals surface area contributed by atoms with E-state index in [-0.39, 0.29) is 0 Å². The number of hydrogen-bond donors (Lipinski definition) is 1. The number of rotatable bonds is 2. The summed E-state index contributed by atoms with van der Waals surface area (Å²) in [6, 6.07) is 9.95. The fourth-order valence-electron chi connectivity index (χ4n) is 1.28. The van der Waals surface area contributed by atoms with Crippen LogP contribution < -0.4 is 5.32 Å². The lowest BCUT2D eigenvalue weighted by Crippen LogP contribution is -2.01. The number of nitrogens with one attached hydrogen (secondary N) is 1. The van der Waals surface area contributed by atoms with Crippen LogP contribution in [-0.4, -0.2) is 16.8 Å². The van der Waals surface area contributed by atoms with Crippen LogP contribution in [0.1, 0.15) is 0 Å². The molecular formula is C10H10BrN3. The third kappa shape index (κ3) is 1.65. The molecule has 0 atom stereocenters. The van der Waals surface area contributed by atoms with Gasteiger partial charge in [0.25, 0.3) is 0 Å². The van der Waals surface area contributed by atoms with E-state index >= 15 is 0 Å². The maximum Gasteiger partial charge on any atom is 0.129 e. The lowest BCUT2D eigenvalue weighted by molar-refractivity contribution is 0.885. The molecule has 2 rings (SSSR count).